The Kier molecular flexibility index (Phi) is 13.1. The summed E-state index contributed by atoms with van der Waals surface area (Å²) in [4.78, 5) is 10.7. The summed E-state index contributed by atoms with van der Waals surface area (Å²) in [6, 6.07) is 67.6. The predicted octanol–water partition coefficient (Wildman–Crippen LogP) is 17.6. The minimum Gasteiger partial charge on any atom is -0.507 e. The molecule has 0 saturated carbocycles. The van der Waals surface area contributed by atoms with Crippen LogP contribution in [0.25, 0.3) is 95.0 Å². The van der Waals surface area contributed by atoms with Crippen LogP contribution >= 0.6 is 0 Å². The molecule has 2 heterocycles. The zero-order valence-electron chi connectivity index (χ0n) is 43.0. The van der Waals surface area contributed by atoms with Gasteiger partial charge in [-0.25, -0.2) is 4.98 Å². The molecule has 0 saturated heterocycles. The molecule has 4 nitrogen and oxygen atoms in total. The van der Waals surface area contributed by atoms with E-state index in [0.29, 0.717) is 11.4 Å². The summed E-state index contributed by atoms with van der Waals surface area (Å²) in [6.45, 7) is 19.2. The molecule has 10 rings (SSSR count). The summed E-state index contributed by atoms with van der Waals surface area (Å²) in [6.07, 6.45) is 1.87. The Bertz CT molecular complexity index is 3580. The number of nitrogens with zero attached hydrogens (tertiary/aromatic N) is 3. The van der Waals surface area contributed by atoms with Crippen LogP contribution in [-0.2, 0) is 31.9 Å². The van der Waals surface area contributed by atoms with Crippen molar-refractivity contribution in [3.63, 3.8) is 0 Å². The van der Waals surface area contributed by atoms with Crippen LogP contribution < -0.4 is 0 Å². The van der Waals surface area contributed by atoms with Gasteiger partial charge in [0.25, 0.3) is 0 Å². The first kappa shape index (κ1) is 47.5. The quantitative estimate of drug-likeness (QED) is 0.147. The Morgan fingerprint density at radius 2 is 1.15 bits per heavy atom. The number of pyridine rings is 1. The Labute approximate surface area is 435 Å². The molecule has 8 aromatic carbocycles. The summed E-state index contributed by atoms with van der Waals surface area (Å²) < 4.78 is 10.8. The van der Waals surface area contributed by atoms with Crippen LogP contribution in [0.4, 0.5) is 0 Å². The standard InChI is InChI=1S/C66H60N3O.Pt/c1-42(2)44-28-30-46(31-29-44)49-32-33-67-59(38-49)52-36-50(45-20-13-10-14-21-45)35-51(37-52)54-26-19-27-60-62(54)68-64(57-39-53(65(4,5)6)40-58(63(57)70)66(7,8)9)69(60)61-41-55(47-22-15-11-16-23-47)43(3)34-56(61)48-24-17-12-18-25-48;/h10-36,38-42,70H,1-9H3;/q-1;/i42D;. The number of aromatic hydroxyl groups is 1. The van der Waals surface area contributed by atoms with Gasteiger partial charge in [-0.05, 0) is 104 Å². The Balaban J connectivity index is 0.00000640. The molecule has 0 fully saturated rings. The summed E-state index contributed by atoms with van der Waals surface area (Å²) in [5.41, 5.74) is 18.8. The van der Waals surface area contributed by atoms with E-state index in [9.17, 15) is 5.11 Å². The molecule has 0 amide bonds. The molecule has 71 heavy (non-hydrogen) atoms. The molecule has 2 aromatic heterocycles. The van der Waals surface area contributed by atoms with Gasteiger partial charge in [0.15, 0.2) is 0 Å². The molecule has 0 aliphatic rings. The van der Waals surface area contributed by atoms with Crippen molar-refractivity contribution in [1.82, 2.24) is 14.5 Å². The van der Waals surface area contributed by atoms with E-state index in [1.165, 1.54) is 0 Å². The number of aryl methyl sites for hydroxylation is 1. The summed E-state index contributed by atoms with van der Waals surface area (Å²) in [5, 5.41) is 12.7. The van der Waals surface area contributed by atoms with Crippen molar-refractivity contribution in [2.45, 2.75) is 79.0 Å². The van der Waals surface area contributed by atoms with Gasteiger partial charge in [-0.15, -0.1) is 23.8 Å². The van der Waals surface area contributed by atoms with Crippen molar-refractivity contribution in [3.05, 3.63) is 217 Å². The van der Waals surface area contributed by atoms with E-state index in [-0.39, 0.29) is 37.6 Å². The number of phenolic OH excluding ortho intramolecular Hbond substituents is 1. The number of hydrogen-bond donors (Lipinski definition) is 1. The normalized spacial score (nSPS) is 12.2. The summed E-state index contributed by atoms with van der Waals surface area (Å²) in [5.74, 6) is 0.186. The van der Waals surface area contributed by atoms with Crippen molar-refractivity contribution in [2.75, 3.05) is 0 Å². The average molecular weight is 1110 g/mol. The second-order valence-electron chi connectivity index (χ2n) is 20.8. The molecule has 1 N–H and O–H groups in total. The van der Waals surface area contributed by atoms with Crippen LogP contribution in [0, 0.1) is 13.0 Å². The molecule has 0 aliphatic carbocycles. The number of fused-ring (bicyclic) bond motifs is 1. The largest absolute Gasteiger partial charge is 0.507 e. The fourth-order valence-electron chi connectivity index (χ4n) is 9.61. The van der Waals surface area contributed by atoms with Gasteiger partial charge in [0.05, 0.1) is 22.3 Å². The van der Waals surface area contributed by atoms with Crippen molar-refractivity contribution in [2.24, 2.45) is 0 Å². The van der Waals surface area contributed by atoms with E-state index in [1.54, 1.807) is 0 Å². The van der Waals surface area contributed by atoms with Gasteiger partial charge in [0, 0.05) is 45.5 Å². The van der Waals surface area contributed by atoms with Crippen molar-refractivity contribution in [3.8, 4) is 89.7 Å². The molecule has 0 unspecified atom stereocenters. The molecule has 0 bridgehead atoms. The van der Waals surface area contributed by atoms with Gasteiger partial charge in [-0.1, -0.05) is 212 Å². The molecule has 0 spiro atoms. The van der Waals surface area contributed by atoms with Crippen LogP contribution in [0.3, 0.4) is 0 Å². The Morgan fingerprint density at radius 3 is 1.77 bits per heavy atom. The minimum atomic E-state index is -0.688. The predicted molar refractivity (Wildman–Crippen MR) is 294 cm³/mol. The first-order valence-corrected chi connectivity index (χ1v) is 24.3. The summed E-state index contributed by atoms with van der Waals surface area (Å²) >= 11 is 0. The first-order chi connectivity index (χ1) is 33.9. The maximum Gasteiger partial charge on any atom is 0.148 e. The van der Waals surface area contributed by atoms with Crippen molar-refractivity contribution in [1.29, 1.82) is 0 Å². The topological polar surface area (TPSA) is 50.9 Å². The van der Waals surface area contributed by atoms with Crippen molar-refractivity contribution < 1.29 is 27.5 Å². The Morgan fingerprint density at radius 1 is 0.549 bits per heavy atom. The van der Waals surface area contributed by atoms with Crippen LogP contribution in [-0.4, -0.2) is 19.6 Å². The molecule has 356 valence electrons. The number of imidazole rings is 1. The van der Waals surface area contributed by atoms with Crippen LogP contribution in [0.15, 0.2) is 188 Å². The van der Waals surface area contributed by atoms with Crippen LogP contribution in [0.1, 0.15) is 84.9 Å². The average Bonchev–Trinajstić information content (AvgIpc) is 3.75. The number of benzene rings is 8. The maximum absolute atomic E-state index is 12.7. The first-order valence-electron chi connectivity index (χ1n) is 24.8. The number of aromatic nitrogens is 3. The van der Waals surface area contributed by atoms with Gasteiger partial charge >= 0.3 is 0 Å². The second kappa shape index (κ2) is 19.6. The van der Waals surface area contributed by atoms with E-state index < -0.39 is 5.89 Å². The molecular formula is C66H60N3OPt-. The smallest absolute Gasteiger partial charge is 0.148 e. The SMILES string of the molecule is [2H]C(C)(C)c1ccc(-c2ccnc(-c3[c-]c(-c4cccc5c4nc(-c4cc(C(C)(C)C)cc(C(C)(C)C)c4O)n5-c4cc(-c5ccccc5)c(C)cc4-c4ccccc4)cc(-c4ccccc4)c3)c2)cc1.[Pt]. The fourth-order valence-corrected chi connectivity index (χ4v) is 9.61. The van der Waals surface area contributed by atoms with Gasteiger partial charge in [0.2, 0.25) is 0 Å². The van der Waals surface area contributed by atoms with E-state index >= 15 is 0 Å². The van der Waals surface area contributed by atoms with E-state index in [2.05, 4.69) is 217 Å². The number of rotatable bonds is 9. The number of phenols is 1. The fraction of sp³-hybridized carbons (Fsp3) is 0.182. The number of para-hydroxylation sites is 1. The molecule has 5 heteroatoms. The Hall–Kier alpha value is -7.13. The van der Waals surface area contributed by atoms with E-state index in [0.717, 1.165) is 106 Å². The summed E-state index contributed by atoms with van der Waals surface area (Å²) in [7, 11) is 0. The third-order valence-electron chi connectivity index (χ3n) is 13.6. The van der Waals surface area contributed by atoms with Gasteiger partial charge in [-0.3, -0.25) is 9.55 Å². The van der Waals surface area contributed by atoms with E-state index in [4.69, 9.17) is 11.3 Å². The zero-order valence-corrected chi connectivity index (χ0v) is 44.3. The monoisotopic (exact) mass is 1110 g/mol. The number of hydrogen-bond acceptors (Lipinski definition) is 3. The third kappa shape index (κ3) is 9.71. The zero-order chi connectivity index (χ0) is 49.8. The molecule has 0 radical (unpaired) electrons. The van der Waals surface area contributed by atoms with Crippen LogP contribution in [0.2, 0.25) is 0 Å². The third-order valence-corrected chi connectivity index (χ3v) is 13.6. The van der Waals surface area contributed by atoms with Crippen molar-refractivity contribution >= 4 is 11.0 Å². The molecule has 0 aliphatic heterocycles. The van der Waals surface area contributed by atoms with Gasteiger partial charge < -0.3 is 5.11 Å². The molecule has 0 atom stereocenters. The van der Waals surface area contributed by atoms with E-state index in [1.807, 2.05) is 44.3 Å². The second-order valence-corrected chi connectivity index (χ2v) is 20.8. The van der Waals surface area contributed by atoms with Gasteiger partial charge in [-0.2, -0.15) is 0 Å². The molecular weight excluding hydrogens is 1050 g/mol. The minimum absolute atomic E-state index is 0. The van der Waals surface area contributed by atoms with Gasteiger partial charge in [0.1, 0.15) is 11.6 Å². The maximum atomic E-state index is 12.7. The molecule has 10 aromatic rings. The van der Waals surface area contributed by atoms with Crippen LogP contribution in [0.5, 0.6) is 5.75 Å².